The third-order valence-corrected chi connectivity index (χ3v) is 5.16. The number of carbonyl (C=O) groups excluding carboxylic acids is 1. The van der Waals surface area contributed by atoms with Crippen molar-refractivity contribution < 1.29 is 14.7 Å². The zero-order valence-electron chi connectivity index (χ0n) is 13.6. The van der Waals surface area contributed by atoms with E-state index >= 15 is 0 Å². The Kier molecular flexibility index (Phi) is 4.79. The monoisotopic (exact) mass is 296 g/mol. The molecule has 5 heteroatoms. The molecule has 2 aliphatic rings. The van der Waals surface area contributed by atoms with Crippen molar-refractivity contribution in [3.8, 4) is 0 Å². The zero-order chi connectivity index (χ0) is 15.7. The molecule has 1 N–H and O–H groups in total. The summed E-state index contributed by atoms with van der Waals surface area (Å²) in [5, 5.41) is 9.53. The van der Waals surface area contributed by atoms with E-state index in [9.17, 15) is 14.7 Å². The van der Waals surface area contributed by atoms with Crippen molar-refractivity contribution in [3.05, 3.63) is 0 Å². The molecule has 0 aromatic carbocycles. The Morgan fingerprint density at radius 2 is 1.95 bits per heavy atom. The van der Waals surface area contributed by atoms with Gasteiger partial charge in [-0.1, -0.05) is 20.3 Å². The molecule has 0 aromatic rings. The number of fused-ring (bicyclic) bond motifs is 1. The van der Waals surface area contributed by atoms with E-state index in [1.807, 2.05) is 6.92 Å². The summed E-state index contributed by atoms with van der Waals surface area (Å²) in [7, 11) is 1.79. The van der Waals surface area contributed by atoms with Crippen molar-refractivity contribution in [2.45, 2.75) is 58.5 Å². The summed E-state index contributed by atoms with van der Waals surface area (Å²) in [6.07, 6.45) is 4.03. The van der Waals surface area contributed by atoms with Crippen LogP contribution in [-0.2, 0) is 4.79 Å². The summed E-state index contributed by atoms with van der Waals surface area (Å²) in [5.41, 5.74) is 0. The highest BCUT2D eigenvalue weighted by atomic mass is 16.4. The number of aliphatic carboxylic acids is 1. The first-order chi connectivity index (χ1) is 9.82. The maximum atomic E-state index is 12.7. The maximum absolute atomic E-state index is 12.7. The SMILES string of the molecule is CC(C)CC(C)N(C)C(=O)N1CC2CCCC2C1C(=O)O. The van der Waals surface area contributed by atoms with Gasteiger partial charge in [0, 0.05) is 19.6 Å². The van der Waals surface area contributed by atoms with Crippen LogP contribution in [0.25, 0.3) is 0 Å². The van der Waals surface area contributed by atoms with Crippen LogP contribution in [0.4, 0.5) is 4.79 Å². The van der Waals surface area contributed by atoms with Crippen LogP contribution in [0.2, 0.25) is 0 Å². The normalized spacial score (nSPS) is 29.6. The first kappa shape index (κ1) is 16.1. The lowest BCUT2D eigenvalue weighted by Crippen LogP contribution is -2.50. The number of urea groups is 1. The summed E-state index contributed by atoms with van der Waals surface area (Å²) in [5.74, 6) is 0.204. The number of amides is 2. The molecule has 0 spiro atoms. The van der Waals surface area contributed by atoms with E-state index in [4.69, 9.17) is 0 Å². The largest absolute Gasteiger partial charge is 0.480 e. The predicted octanol–water partition coefficient (Wildman–Crippen LogP) is 2.66. The first-order valence-electron chi connectivity index (χ1n) is 8.09. The van der Waals surface area contributed by atoms with Crippen LogP contribution < -0.4 is 0 Å². The van der Waals surface area contributed by atoms with Crippen molar-refractivity contribution in [1.82, 2.24) is 9.80 Å². The minimum atomic E-state index is -0.845. The number of hydrogen-bond acceptors (Lipinski definition) is 2. The highest BCUT2D eigenvalue weighted by Crippen LogP contribution is 2.42. The predicted molar refractivity (Wildman–Crippen MR) is 81.0 cm³/mol. The molecule has 0 aromatic heterocycles. The summed E-state index contributed by atoms with van der Waals surface area (Å²) in [6.45, 7) is 6.91. The minimum absolute atomic E-state index is 0.120. The van der Waals surface area contributed by atoms with Crippen molar-refractivity contribution in [2.24, 2.45) is 17.8 Å². The molecule has 1 saturated heterocycles. The Balaban J connectivity index is 2.09. The van der Waals surface area contributed by atoms with Crippen molar-refractivity contribution in [2.75, 3.05) is 13.6 Å². The molecule has 4 unspecified atom stereocenters. The second-order valence-corrected chi connectivity index (χ2v) is 7.16. The zero-order valence-corrected chi connectivity index (χ0v) is 13.6. The molecule has 1 aliphatic carbocycles. The molecule has 2 amide bonds. The van der Waals surface area contributed by atoms with Crippen molar-refractivity contribution >= 4 is 12.0 Å². The van der Waals surface area contributed by atoms with Crippen molar-refractivity contribution in [3.63, 3.8) is 0 Å². The van der Waals surface area contributed by atoms with E-state index in [2.05, 4.69) is 13.8 Å². The van der Waals surface area contributed by atoms with Gasteiger partial charge in [0.05, 0.1) is 0 Å². The summed E-state index contributed by atoms with van der Waals surface area (Å²) >= 11 is 0. The van der Waals surface area contributed by atoms with Gasteiger partial charge in [0.1, 0.15) is 6.04 Å². The Morgan fingerprint density at radius 3 is 2.52 bits per heavy atom. The number of hydrogen-bond donors (Lipinski definition) is 1. The van der Waals surface area contributed by atoms with E-state index in [1.165, 1.54) is 0 Å². The van der Waals surface area contributed by atoms with Gasteiger partial charge in [-0.3, -0.25) is 0 Å². The number of nitrogens with zero attached hydrogens (tertiary/aromatic N) is 2. The van der Waals surface area contributed by atoms with Gasteiger partial charge in [0.15, 0.2) is 0 Å². The standard InChI is InChI=1S/C16H28N2O3/c1-10(2)8-11(3)17(4)16(21)18-9-12-6-5-7-13(12)14(18)15(19)20/h10-14H,5-9H2,1-4H3,(H,19,20). The second-order valence-electron chi connectivity index (χ2n) is 7.16. The van der Waals surface area contributed by atoms with Crippen LogP contribution in [0.1, 0.15) is 46.5 Å². The average molecular weight is 296 g/mol. The second kappa shape index (κ2) is 6.24. The van der Waals surface area contributed by atoms with Crippen LogP contribution in [0, 0.1) is 17.8 Å². The van der Waals surface area contributed by atoms with Gasteiger partial charge >= 0.3 is 12.0 Å². The van der Waals surface area contributed by atoms with Gasteiger partial charge in [0.25, 0.3) is 0 Å². The summed E-state index contributed by atoms with van der Waals surface area (Å²) in [4.78, 5) is 27.6. The molecule has 2 rings (SSSR count). The fourth-order valence-electron chi connectivity index (χ4n) is 4.05. The van der Waals surface area contributed by atoms with E-state index in [-0.39, 0.29) is 18.0 Å². The molecule has 5 nitrogen and oxygen atoms in total. The van der Waals surface area contributed by atoms with E-state index in [0.29, 0.717) is 18.4 Å². The van der Waals surface area contributed by atoms with Gasteiger partial charge in [-0.2, -0.15) is 0 Å². The Labute approximate surface area is 127 Å². The average Bonchev–Trinajstić information content (AvgIpc) is 2.94. The fraction of sp³-hybridized carbons (Fsp3) is 0.875. The van der Waals surface area contributed by atoms with Crippen LogP contribution >= 0.6 is 0 Å². The Bertz CT molecular complexity index is 410. The molecule has 4 atom stereocenters. The topological polar surface area (TPSA) is 60.9 Å². The third-order valence-electron chi connectivity index (χ3n) is 5.16. The minimum Gasteiger partial charge on any atom is -0.480 e. The number of likely N-dealkylation sites (tertiary alicyclic amines) is 1. The van der Waals surface area contributed by atoms with Crippen LogP contribution in [-0.4, -0.2) is 52.6 Å². The lowest BCUT2D eigenvalue weighted by Gasteiger charge is -2.33. The van der Waals surface area contributed by atoms with Gasteiger partial charge in [-0.15, -0.1) is 0 Å². The number of rotatable bonds is 4. The van der Waals surface area contributed by atoms with Crippen molar-refractivity contribution in [1.29, 1.82) is 0 Å². The van der Waals surface area contributed by atoms with Crippen LogP contribution in [0.5, 0.6) is 0 Å². The van der Waals surface area contributed by atoms with Gasteiger partial charge in [-0.05, 0) is 43.9 Å². The molecule has 2 fully saturated rings. The molecule has 21 heavy (non-hydrogen) atoms. The summed E-state index contributed by atoms with van der Waals surface area (Å²) in [6, 6.07) is -0.615. The molecule has 1 saturated carbocycles. The smallest absolute Gasteiger partial charge is 0.326 e. The summed E-state index contributed by atoms with van der Waals surface area (Å²) < 4.78 is 0. The van der Waals surface area contributed by atoms with Gasteiger partial charge in [-0.25, -0.2) is 9.59 Å². The Morgan fingerprint density at radius 1 is 1.29 bits per heavy atom. The maximum Gasteiger partial charge on any atom is 0.326 e. The third kappa shape index (κ3) is 3.16. The lowest BCUT2D eigenvalue weighted by molar-refractivity contribution is -0.142. The van der Waals surface area contributed by atoms with E-state index in [0.717, 1.165) is 25.7 Å². The number of carboxylic acids is 1. The lowest BCUT2D eigenvalue weighted by atomic mass is 9.94. The molecule has 1 heterocycles. The van der Waals surface area contributed by atoms with Gasteiger partial charge in [0.2, 0.25) is 0 Å². The number of carboxylic acid groups (broad SMARTS) is 1. The highest BCUT2D eigenvalue weighted by Gasteiger charge is 2.50. The fourth-order valence-corrected chi connectivity index (χ4v) is 4.05. The molecule has 0 radical (unpaired) electrons. The first-order valence-corrected chi connectivity index (χ1v) is 8.09. The van der Waals surface area contributed by atoms with E-state index in [1.54, 1.807) is 16.8 Å². The quantitative estimate of drug-likeness (QED) is 0.867. The van der Waals surface area contributed by atoms with Crippen LogP contribution in [0.3, 0.4) is 0 Å². The van der Waals surface area contributed by atoms with E-state index < -0.39 is 12.0 Å². The van der Waals surface area contributed by atoms with Gasteiger partial charge < -0.3 is 14.9 Å². The molecule has 1 aliphatic heterocycles. The molecule has 0 bridgehead atoms. The number of carbonyl (C=O) groups is 2. The molecule has 120 valence electrons. The molecular weight excluding hydrogens is 268 g/mol. The molecular formula is C16H28N2O3. The van der Waals surface area contributed by atoms with Crippen LogP contribution in [0.15, 0.2) is 0 Å². The highest BCUT2D eigenvalue weighted by molar-refractivity contribution is 5.84. The Hall–Kier alpha value is -1.26.